The summed E-state index contributed by atoms with van der Waals surface area (Å²) in [6.07, 6.45) is 0.496. The van der Waals surface area contributed by atoms with Crippen LogP contribution in [0.2, 0.25) is 5.02 Å². The van der Waals surface area contributed by atoms with Gasteiger partial charge in [0.2, 0.25) is 0 Å². The van der Waals surface area contributed by atoms with Crippen LogP contribution >= 0.6 is 11.6 Å². The molecule has 1 aromatic carbocycles. The number of ether oxygens (including phenoxy) is 2. The first-order chi connectivity index (χ1) is 9.96. The molecule has 0 aliphatic carbocycles. The highest BCUT2D eigenvalue weighted by Gasteiger charge is 2.26. The standard InChI is InChI=1S/C17H25ClO3/c1-6-14(19)17(11(4)5)12-9-15(20-7-2)16(21-8-3)10-13(12)18/h9-11,17H,6-8H2,1-5H3. The van der Waals surface area contributed by atoms with Gasteiger partial charge in [-0.3, -0.25) is 4.79 Å². The molecule has 21 heavy (non-hydrogen) atoms. The summed E-state index contributed by atoms with van der Waals surface area (Å²) in [6, 6.07) is 3.61. The molecule has 0 aliphatic rings. The van der Waals surface area contributed by atoms with Crippen LogP contribution in [-0.4, -0.2) is 19.0 Å². The van der Waals surface area contributed by atoms with E-state index in [4.69, 9.17) is 21.1 Å². The number of carbonyl (C=O) groups is 1. The number of hydrogen-bond acceptors (Lipinski definition) is 3. The minimum absolute atomic E-state index is 0.183. The van der Waals surface area contributed by atoms with Crippen molar-refractivity contribution in [3.63, 3.8) is 0 Å². The Labute approximate surface area is 132 Å². The monoisotopic (exact) mass is 312 g/mol. The number of Topliss-reactive ketones (excluding diaryl/α,β-unsaturated/α-hetero) is 1. The number of rotatable bonds is 8. The molecule has 0 aromatic heterocycles. The van der Waals surface area contributed by atoms with Crippen molar-refractivity contribution in [3.05, 3.63) is 22.7 Å². The Morgan fingerprint density at radius 3 is 2.05 bits per heavy atom. The SMILES string of the molecule is CCOc1cc(Cl)c(C(C(=O)CC)C(C)C)cc1OCC. The molecule has 0 saturated heterocycles. The van der Waals surface area contributed by atoms with Crippen molar-refractivity contribution in [2.45, 2.75) is 47.0 Å². The first kappa shape index (κ1) is 17.8. The fourth-order valence-electron chi connectivity index (χ4n) is 2.45. The van der Waals surface area contributed by atoms with Crippen LogP contribution in [0.25, 0.3) is 0 Å². The van der Waals surface area contributed by atoms with E-state index in [1.807, 2.05) is 40.7 Å². The van der Waals surface area contributed by atoms with E-state index < -0.39 is 0 Å². The molecule has 0 heterocycles. The van der Waals surface area contributed by atoms with E-state index in [0.29, 0.717) is 36.2 Å². The summed E-state index contributed by atoms with van der Waals surface area (Å²) in [4.78, 5) is 12.3. The summed E-state index contributed by atoms with van der Waals surface area (Å²) in [7, 11) is 0. The van der Waals surface area contributed by atoms with Crippen molar-refractivity contribution in [2.24, 2.45) is 5.92 Å². The van der Waals surface area contributed by atoms with Gasteiger partial charge in [0.1, 0.15) is 5.78 Å². The Balaban J connectivity index is 3.33. The molecule has 0 radical (unpaired) electrons. The highest BCUT2D eigenvalue weighted by molar-refractivity contribution is 6.32. The number of halogens is 1. The number of ketones is 1. The van der Waals surface area contributed by atoms with Crippen LogP contribution in [-0.2, 0) is 4.79 Å². The highest BCUT2D eigenvalue weighted by atomic mass is 35.5. The molecule has 118 valence electrons. The van der Waals surface area contributed by atoms with E-state index in [2.05, 4.69) is 0 Å². The summed E-state index contributed by atoms with van der Waals surface area (Å²) in [5.74, 6) is 1.44. The predicted molar refractivity (Wildman–Crippen MR) is 86.7 cm³/mol. The average Bonchev–Trinajstić information content (AvgIpc) is 2.43. The third kappa shape index (κ3) is 4.37. The molecule has 4 heteroatoms. The number of benzene rings is 1. The largest absolute Gasteiger partial charge is 0.490 e. The Morgan fingerprint density at radius 2 is 1.62 bits per heavy atom. The van der Waals surface area contributed by atoms with Crippen molar-refractivity contribution >= 4 is 17.4 Å². The van der Waals surface area contributed by atoms with Crippen molar-refractivity contribution < 1.29 is 14.3 Å². The van der Waals surface area contributed by atoms with Gasteiger partial charge in [-0.1, -0.05) is 32.4 Å². The second kappa shape index (κ2) is 8.28. The second-order valence-corrected chi connectivity index (χ2v) is 5.64. The van der Waals surface area contributed by atoms with Gasteiger partial charge >= 0.3 is 0 Å². The van der Waals surface area contributed by atoms with Crippen LogP contribution in [0, 0.1) is 5.92 Å². The third-order valence-electron chi connectivity index (χ3n) is 3.36. The molecular formula is C17H25ClO3. The average molecular weight is 313 g/mol. The smallest absolute Gasteiger partial charge is 0.162 e. The van der Waals surface area contributed by atoms with Gasteiger partial charge in [0.15, 0.2) is 11.5 Å². The molecule has 1 unspecified atom stereocenters. The lowest BCUT2D eigenvalue weighted by Gasteiger charge is -2.22. The lowest BCUT2D eigenvalue weighted by molar-refractivity contribution is -0.121. The van der Waals surface area contributed by atoms with E-state index in [1.54, 1.807) is 6.07 Å². The topological polar surface area (TPSA) is 35.5 Å². The maximum Gasteiger partial charge on any atom is 0.162 e. The second-order valence-electron chi connectivity index (χ2n) is 5.23. The van der Waals surface area contributed by atoms with E-state index in [9.17, 15) is 4.79 Å². The maximum atomic E-state index is 12.3. The van der Waals surface area contributed by atoms with Gasteiger partial charge in [-0.15, -0.1) is 0 Å². The molecule has 1 atom stereocenters. The fraction of sp³-hybridized carbons (Fsp3) is 0.588. The van der Waals surface area contributed by atoms with Gasteiger partial charge < -0.3 is 9.47 Å². The van der Waals surface area contributed by atoms with Crippen LogP contribution in [0.3, 0.4) is 0 Å². The first-order valence-corrected chi connectivity index (χ1v) is 7.95. The van der Waals surface area contributed by atoms with Crippen molar-refractivity contribution in [1.29, 1.82) is 0 Å². The van der Waals surface area contributed by atoms with E-state index in [0.717, 1.165) is 5.56 Å². The Morgan fingerprint density at radius 1 is 1.10 bits per heavy atom. The molecule has 3 nitrogen and oxygen atoms in total. The molecule has 0 saturated carbocycles. The fourth-order valence-corrected chi connectivity index (χ4v) is 2.72. The van der Waals surface area contributed by atoms with Gasteiger partial charge in [-0.2, -0.15) is 0 Å². The molecular weight excluding hydrogens is 288 g/mol. The zero-order valence-electron chi connectivity index (χ0n) is 13.5. The Bertz CT molecular complexity index is 483. The van der Waals surface area contributed by atoms with E-state index in [1.165, 1.54) is 0 Å². The Hall–Kier alpha value is -1.22. The van der Waals surface area contributed by atoms with Crippen molar-refractivity contribution in [1.82, 2.24) is 0 Å². The summed E-state index contributed by atoms with van der Waals surface area (Å²) in [5, 5.41) is 0.558. The third-order valence-corrected chi connectivity index (χ3v) is 3.69. The van der Waals surface area contributed by atoms with Gasteiger partial charge in [0.25, 0.3) is 0 Å². The molecule has 1 aromatic rings. The molecule has 0 bridgehead atoms. The molecule has 0 amide bonds. The predicted octanol–water partition coefficient (Wildman–Crippen LogP) is 4.86. The molecule has 0 fully saturated rings. The first-order valence-electron chi connectivity index (χ1n) is 7.57. The molecule has 1 rings (SSSR count). The maximum absolute atomic E-state index is 12.3. The van der Waals surface area contributed by atoms with Gasteiger partial charge in [0, 0.05) is 23.4 Å². The van der Waals surface area contributed by atoms with Gasteiger partial charge in [-0.25, -0.2) is 0 Å². The van der Waals surface area contributed by atoms with Crippen molar-refractivity contribution in [2.75, 3.05) is 13.2 Å². The zero-order valence-corrected chi connectivity index (χ0v) is 14.3. The zero-order chi connectivity index (χ0) is 16.0. The van der Waals surface area contributed by atoms with Crippen LogP contribution in [0.15, 0.2) is 12.1 Å². The van der Waals surface area contributed by atoms with Crippen LogP contribution in [0.4, 0.5) is 0 Å². The van der Waals surface area contributed by atoms with Crippen molar-refractivity contribution in [3.8, 4) is 11.5 Å². The molecule has 0 N–H and O–H groups in total. The molecule has 0 aliphatic heterocycles. The minimum Gasteiger partial charge on any atom is -0.490 e. The summed E-state index contributed by atoms with van der Waals surface area (Å²) >= 11 is 6.39. The quantitative estimate of drug-likeness (QED) is 0.688. The van der Waals surface area contributed by atoms with Crippen LogP contribution in [0.1, 0.15) is 52.5 Å². The minimum atomic E-state index is -0.211. The summed E-state index contributed by atoms with van der Waals surface area (Å²) in [5.41, 5.74) is 0.824. The number of hydrogen-bond donors (Lipinski definition) is 0. The van der Waals surface area contributed by atoms with E-state index in [-0.39, 0.29) is 17.6 Å². The lowest BCUT2D eigenvalue weighted by Crippen LogP contribution is -2.18. The normalized spacial score (nSPS) is 12.3. The van der Waals surface area contributed by atoms with Gasteiger partial charge in [0.05, 0.1) is 13.2 Å². The van der Waals surface area contributed by atoms with E-state index >= 15 is 0 Å². The van der Waals surface area contributed by atoms with Gasteiger partial charge in [-0.05, 0) is 31.4 Å². The van der Waals surface area contributed by atoms with Crippen LogP contribution in [0.5, 0.6) is 11.5 Å². The lowest BCUT2D eigenvalue weighted by atomic mass is 9.84. The molecule has 0 spiro atoms. The Kier molecular flexibility index (Phi) is 7.03. The highest BCUT2D eigenvalue weighted by Crippen LogP contribution is 2.39. The number of carbonyl (C=O) groups excluding carboxylic acids is 1. The van der Waals surface area contributed by atoms with Crippen LogP contribution < -0.4 is 9.47 Å². The summed E-state index contributed by atoms with van der Waals surface area (Å²) < 4.78 is 11.2. The summed E-state index contributed by atoms with van der Waals surface area (Å²) in [6.45, 7) is 10.9.